The van der Waals surface area contributed by atoms with Gasteiger partial charge in [0.25, 0.3) is 0 Å². The second-order valence-corrected chi connectivity index (χ2v) is 16.6. The Labute approximate surface area is 362 Å². The molecule has 5 heteroatoms. The van der Waals surface area contributed by atoms with Gasteiger partial charge in [0.2, 0.25) is 0 Å². The monoisotopic (exact) mass is 808 g/mol. The van der Waals surface area contributed by atoms with Crippen molar-refractivity contribution in [1.82, 2.24) is 19.5 Å². The van der Waals surface area contributed by atoms with Crippen LogP contribution in [0.1, 0.15) is 0 Å². The molecule has 12 aromatic rings. The van der Waals surface area contributed by atoms with E-state index >= 15 is 0 Å². The summed E-state index contributed by atoms with van der Waals surface area (Å²) in [6.07, 6.45) is 0. The Bertz CT molecular complexity index is 3560. The minimum Gasteiger partial charge on any atom is -0.309 e. The first-order valence-electron chi connectivity index (χ1n) is 20.9. The molecule has 0 aliphatic heterocycles. The molecule has 9 aromatic carbocycles. The van der Waals surface area contributed by atoms with Crippen LogP contribution in [0.15, 0.2) is 218 Å². The maximum absolute atomic E-state index is 5.34. The van der Waals surface area contributed by atoms with Crippen molar-refractivity contribution in [2.75, 3.05) is 0 Å². The predicted octanol–water partition coefficient (Wildman–Crippen LogP) is 15.3. The molecule has 0 aliphatic rings. The average molecular weight is 809 g/mol. The van der Waals surface area contributed by atoms with Crippen LogP contribution in [0.4, 0.5) is 0 Å². The van der Waals surface area contributed by atoms with Gasteiger partial charge in [0.15, 0.2) is 17.5 Å². The first kappa shape index (κ1) is 35.9. The molecule has 3 heterocycles. The van der Waals surface area contributed by atoms with E-state index in [-0.39, 0.29) is 0 Å². The second kappa shape index (κ2) is 14.9. The van der Waals surface area contributed by atoms with Crippen LogP contribution in [0.25, 0.3) is 115 Å². The molecule has 62 heavy (non-hydrogen) atoms. The maximum Gasteiger partial charge on any atom is 0.164 e. The molecule has 3 aromatic heterocycles. The molecular weight excluding hydrogens is 773 g/mol. The third-order valence-corrected chi connectivity index (χ3v) is 13.1. The molecule has 0 unspecified atom stereocenters. The summed E-state index contributed by atoms with van der Waals surface area (Å²) in [5.41, 5.74) is 12.9. The van der Waals surface area contributed by atoms with E-state index in [1.807, 2.05) is 29.5 Å². The smallest absolute Gasteiger partial charge is 0.164 e. The fourth-order valence-corrected chi connectivity index (χ4v) is 10.2. The third-order valence-electron chi connectivity index (χ3n) is 11.9. The molecular formula is C57H36N4S. The number of fused-ring (bicyclic) bond motifs is 6. The summed E-state index contributed by atoms with van der Waals surface area (Å²) in [5, 5.41) is 4.99. The Kier molecular flexibility index (Phi) is 8.65. The standard InChI is InChI=1S/C57H36N4S/c1-4-17-37(18-5-1)48-35-42(36-51(53(48)39-19-6-2-7-20-39)61-49-28-13-10-23-44(49)45-24-11-14-29-50(45)61)57-59-55(40-21-8-3-9-22-40)58-56(60-57)41-33-31-38(32-34-41)43-26-16-27-47-46-25-12-15-30-52(46)62-54(43)47/h1-36H. The molecule has 0 atom stereocenters. The summed E-state index contributed by atoms with van der Waals surface area (Å²) in [4.78, 5) is 15.8. The number of nitrogens with zero attached hydrogens (tertiary/aromatic N) is 4. The van der Waals surface area contributed by atoms with Crippen LogP contribution >= 0.6 is 11.3 Å². The van der Waals surface area contributed by atoms with Crippen molar-refractivity contribution < 1.29 is 0 Å². The number of benzene rings is 9. The van der Waals surface area contributed by atoms with E-state index in [1.165, 1.54) is 36.5 Å². The van der Waals surface area contributed by atoms with Crippen molar-refractivity contribution in [2.24, 2.45) is 0 Å². The van der Waals surface area contributed by atoms with E-state index in [9.17, 15) is 0 Å². The Balaban J connectivity index is 1.09. The van der Waals surface area contributed by atoms with Crippen molar-refractivity contribution in [3.63, 3.8) is 0 Å². The maximum atomic E-state index is 5.34. The Morgan fingerprint density at radius 1 is 0.323 bits per heavy atom. The molecule has 0 radical (unpaired) electrons. The summed E-state index contributed by atoms with van der Waals surface area (Å²) in [7, 11) is 0. The molecule has 0 spiro atoms. The lowest BCUT2D eigenvalue weighted by molar-refractivity contribution is 1.07. The van der Waals surface area contributed by atoms with Crippen LogP contribution in [-0.2, 0) is 0 Å². The zero-order chi connectivity index (χ0) is 41.0. The van der Waals surface area contributed by atoms with Crippen LogP contribution < -0.4 is 0 Å². The van der Waals surface area contributed by atoms with E-state index in [1.54, 1.807) is 0 Å². The molecule has 0 saturated carbocycles. The minimum atomic E-state index is 0.604. The van der Waals surface area contributed by atoms with Gasteiger partial charge in [0.1, 0.15) is 0 Å². The third kappa shape index (κ3) is 6.09. The average Bonchev–Trinajstić information content (AvgIpc) is 3.90. The molecule has 0 amide bonds. The number of hydrogen-bond acceptors (Lipinski definition) is 4. The predicted molar refractivity (Wildman–Crippen MR) is 260 cm³/mol. The Morgan fingerprint density at radius 2 is 0.790 bits per heavy atom. The molecule has 0 bridgehead atoms. The second-order valence-electron chi connectivity index (χ2n) is 15.5. The van der Waals surface area contributed by atoms with Crippen molar-refractivity contribution >= 4 is 53.3 Å². The van der Waals surface area contributed by atoms with Crippen LogP contribution in [0.2, 0.25) is 0 Å². The molecule has 0 fully saturated rings. The zero-order valence-electron chi connectivity index (χ0n) is 33.5. The van der Waals surface area contributed by atoms with Gasteiger partial charge in [-0.2, -0.15) is 0 Å². The Morgan fingerprint density at radius 3 is 1.44 bits per heavy atom. The molecule has 12 rings (SSSR count). The zero-order valence-corrected chi connectivity index (χ0v) is 34.3. The lowest BCUT2D eigenvalue weighted by Gasteiger charge is -2.20. The quantitative estimate of drug-likeness (QED) is 0.161. The van der Waals surface area contributed by atoms with E-state index in [2.05, 4.69) is 205 Å². The lowest BCUT2D eigenvalue weighted by Crippen LogP contribution is -2.03. The van der Waals surface area contributed by atoms with Crippen LogP contribution in [0, 0.1) is 0 Å². The van der Waals surface area contributed by atoms with E-state index in [0.29, 0.717) is 17.5 Å². The van der Waals surface area contributed by atoms with Gasteiger partial charge in [-0.1, -0.05) is 188 Å². The van der Waals surface area contributed by atoms with E-state index in [0.717, 1.165) is 61.2 Å². The highest BCUT2D eigenvalue weighted by molar-refractivity contribution is 7.26. The van der Waals surface area contributed by atoms with Crippen molar-refractivity contribution in [2.45, 2.75) is 0 Å². The first-order chi connectivity index (χ1) is 30.7. The summed E-state index contributed by atoms with van der Waals surface area (Å²) in [6, 6.07) is 77.5. The number of para-hydroxylation sites is 2. The minimum absolute atomic E-state index is 0.604. The van der Waals surface area contributed by atoms with E-state index < -0.39 is 0 Å². The van der Waals surface area contributed by atoms with Crippen LogP contribution in [-0.4, -0.2) is 19.5 Å². The molecule has 0 N–H and O–H groups in total. The summed E-state index contributed by atoms with van der Waals surface area (Å²) in [6.45, 7) is 0. The van der Waals surface area contributed by atoms with Gasteiger partial charge in [-0.3, -0.25) is 0 Å². The van der Waals surface area contributed by atoms with Gasteiger partial charge in [-0.05, 0) is 58.1 Å². The molecule has 0 saturated heterocycles. The highest BCUT2D eigenvalue weighted by Gasteiger charge is 2.23. The van der Waals surface area contributed by atoms with Crippen LogP contribution in [0.3, 0.4) is 0 Å². The fourth-order valence-electron chi connectivity index (χ4n) is 8.99. The van der Waals surface area contributed by atoms with Gasteiger partial charge in [0.05, 0.1) is 16.7 Å². The Hall–Kier alpha value is -7.99. The highest BCUT2D eigenvalue weighted by atomic mass is 32.1. The molecule has 290 valence electrons. The topological polar surface area (TPSA) is 43.6 Å². The largest absolute Gasteiger partial charge is 0.309 e. The highest BCUT2D eigenvalue weighted by Crippen LogP contribution is 2.44. The van der Waals surface area contributed by atoms with Crippen molar-refractivity contribution in [3.05, 3.63) is 218 Å². The number of thiophene rings is 1. The fraction of sp³-hybridized carbons (Fsp3) is 0. The van der Waals surface area contributed by atoms with Crippen LogP contribution in [0.5, 0.6) is 0 Å². The summed E-state index contributed by atoms with van der Waals surface area (Å²) < 4.78 is 5.01. The normalized spacial score (nSPS) is 11.5. The van der Waals surface area contributed by atoms with Gasteiger partial charge in [-0.25, -0.2) is 15.0 Å². The van der Waals surface area contributed by atoms with Gasteiger partial charge < -0.3 is 4.57 Å². The first-order valence-corrected chi connectivity index (χ1v) is 21.7. The van der Waals surface area contributed by atoms with Crippen molar-refractivity contribution in [1.29, 1.82) is 0 Å². The number of aromatic nitrogens is 4. The van der Waals surface area contributed by atoms with E-state index in [4.69, 9.17) is 15.0 Å². The summed E-state index contributed by atoms with van der Waals surface area (Å²) >= 11 is 1.85. The molecule has 0 aliphatic carbocycles. The van der Waals surface area contributed by atoms with Gasteiger partial charge in [0, 0.05) is 53.2 Å². The number of hydrogen-bond donors (Lipinski definition) is 0. The van der Waals surface area contributed by atoms with Gasteiger partial charge >= 0.3 is 0 Å². The van der Waals surface area contributed by atoms with Gasteiger partial charge in [-0.15, -0.1) is 11.3 Å². The lowest BCUT2D eigenvalue weighted by atomic mass is 9.90. The number of rotatable bonds is 7. The molecule has 4 nitrogen and oxygen atoms in total. The summed E-state index contributed by atoms with van der Waals surface area (Å²) in [5.74, 6) is 1.84. The SMILES string of the molecule is c1ccc(-c2nc(-c3ccc(-c4cccc5c4sc4ccccc45)cc3)nc(-c3cc(-c4ccccc4)c(-c4ccccc4)c(-n4c5ccccc5c5ccccc54)c3)n2)cc1. The van der Waals surface area contributed by atoms with Crippen molar-refractivity contribution in [3.8, 4) is 73.2 Å².